The number of hydrogen-bond donors (Lipinski definition) is 1. The van der Waals surface area contributed by atoms with Crippen LogP contribution in [-0.4, -0.2) is 26.0 Å². The largest absolute Gasteiger partial charge is 0.385 e. The first kappa shape index (κ1) is 14.9. The van der Waals surface area contributed by atoms with Crippen molar-refractivity contribution in [2.24, 2.45) is 5.41 Å². The zero-order chi connectivity index (χ0) is 13.7. The predicted octanol–water partition coefficient (Wildman–Crippen LogP) is 3.88. The summed E-state index contributed by atoms with van der Waals surface area (Å²) in [5.74, 6) is 1.22. The van der Waals surface area contributed by atoms with E-state index >= 15 is 0 Å². The lowest BCUT2D eigenvalue weighted by atomic mass is 9.89. The third kappa shape index (κ3) is 4.23. The molecule has 1 heterocycles. The topological polar surface area (TPSA) is 21.3 Å². The lowest BCUT2D eigenvalue weighted by molar-refractivity contribution is 0.148. The molecule has 3 heteroatoms. The molecule has 1 aromatic rings. The molecule has 2 nitrogen and oxygen atoms in total. The molecule has 0 saturated heterocycles. The van der Waals surface area contributed by atoms with Gasteiger partial charge in [-0.25, -0.2) is 0 Å². The molecule has 0 amide bonds. The van der Waals surface area contributed by atoms with Crippen molar-refractivity contribution in [1.82, 2.24) is 5.32 Å². The average molecular weight is 279 g/mol. The van der Waals surface area contributed by atoms with Crippen LogP contribution < -0.4 is 5.32 Å². The van der Waals surface area contributed by atoms with E-state index in [1.54, 1.807) is 7.11 Å². The van der Waals surface area contributed by atoms with Crippen LogP contribution in [0, 0.1) is 5.41 Å². The Kier molecular flexibility index (Phi) is 5.31. The van der Waals surface area contributed by atoms with Crippen molar-refractivity contribution in [3.05, 3.63) is 29.8 Å². The fraction of sp³-hybridized carbons (Fsp3) is 0.625. The van der Waals surface area contributed by atoms with Crippen molar-refractivity contribution >= 4 is 11.8 Å². The van der Waals surface area contributed by atoms with Gasteiger partial charge in [0.15, 0.2) is 0 Å². The van der Waals surface area contributed by atoms with Crippen molar-refractivity contribution < 1.29 is 4.74 Å². The van der Waals surface area contributed by atoms with Gasteiger partial charge >= 0.3 is 0 Å². The molecule has 19 heavy (non-hydrogen) atoms. The van der Waals surface area contributed by atoms with Gasteiger partial charge < -0.3 is 10.1 Å². The van der Waals surface area contributed by atoms with Gasteiger partial charge in [0.1, 0.15) is 0 Å². The minimum absolute atomic E-state index is 0.287. The molecule has 1 unspecified atom stereocenters. The number of benzene rings is 1. The second-order valence-electron chi connectivity index (χ2n) is 6.02. The van der Waals surface area contributed by atoms with Crippen molar-refractivity contribution in [2.45, 2.75) is 37.6 Å². The van der Waals surface area contributed by atoms with E-state index < -0.39 is 0 Å². The molecule has 0 fully saturated rings. The second-order valence-corrected chi connectivity index (χ2v) is 7.15. The average Bonchev–Trinajstić information content (AvgIpc) is 2.43. The monoisotopic (exact) mass is 279 g/mol. The molecule has 0 radical (unpaired) electrons. The molecule has 1 aliphatic rings. The lowest BCUT2D eigenvalue weighted by Gasteiger charge is -2.31. The summed E-state index contributed by atoms with van der Waals surface area (Å²) in [5.41, 5.74) is 1.76. The highest BCUT2D eigenvalue weighted by Gasteiger charge is 2.23. The Hall–Kier alpha value is -0.510. The maximum atomic E-state index is 5.19. The zero-order valence-electron chi connectivity index (χ0n) is 12.2. The number of methoxy groups -OCH3 is 1. The Morgan fingerprint density at radius 3 is 2.95 bits per heavy atom. The third-order valence-electron chi connectivity index (χ3n) is 3.77. The summed E-state index contributed by atoms with van der Waals surface area (Å²) in [6, 6.07) is 9.30. The molecule has 1 atom stereocenters. The molecule has 106 valence electrons. The van der Waals surface area contributed by atoms with Crippen LogP contribution in [-0.2, 0) is 4.74 Å². The number of nitrogens with one attached hydrogen (secondary N) is 1. The number of rotatable bonds is 6. The molecule has 1 N–H and O–H groups in total. The van der Waals surface area contributed by atoms with E-state index in [0.717, 1.165) is 19.6 Å². The lowest BCUT2D eigenvalue weighted by Crippen LogP contribution is -2.34. The number of fused-ring (bicyclic) bond motifs is 1. The molecular formula is C16H25NOS. The Balaban J connectivity index is 1.94. The molecule has 1 aromatic carbocycles. The standard InChI is InChI=1S/C16H25NOS/c1-16(2,9-10-18-3)12-17-14-8-11-19-15-7-5-4-6-13(14)15/h4-7,14,17H,8-12H2,1-3H3. The molecule has 0 saturated carbocycles. The van der Waals surface area contributed by atoms with E-state index in [0.29, 0.717) is 6.04 Å². The van der Waals surface area contributed by atoms with Crippen LogP contribution in [0.5, 0.6) is 0 Å². The van der Waals surface area contributed by atoms with Crippen LogP contribution in [0.1, 0.15) is 38.3 Å². The van der Waals surface area contributed by atoms with Crippen molar-refractivity contribution in [3.63, 3.8) is 0 Å². The summed E-state index contributed by atoms with van der Waals surface area (Å²) in [6.45, 7) is 6.50. The third-order valence-corrected chi connectivity index (χ3v) is 4.89. The highest BCUT2D eigenvalue weighted by atomic mass is 32.2. The van der Waals surface area contributed by atoms with Gasteiger partial charge in [-0.05, 0) is 35.6 Å². The van der Waals surface area contributed by atoms with Gasteiger partial charge in [0, 0.05) is 31.2 Å². The molecule has 2 rings (SSSR count). The van der Waals surface area contributed by atoms with E-state index in [2.05, 4.69) is 43.4 Å². The van der Waals surface area contributed by atoms with Gasteiger partial charge in [-0.1, -0.05) is 32.0 Å². The van der Waals surface area contributed by atoms with E-state index in [4.69, 9.17) is 4.74 Å². The normalized spacial score (nSPS) is 19.2. The second kappa shape index (κ2) is 6.78. The van der Waals surface area contributed by atoms with Gasteiger partial charge in [0.25, 0.3) is 0 Å². The van der Waals surface area contributed by atoms with Crippen molar-refractivity contribution in [3.8, 4) is 0 Å². The molecular weight excluding hydrogens is 254 g/mol. The smallest absolute Gasteiger partial charge is 0.0467 e. The van der Waals surface area contributed by atoms with Crippen LogP contribution in [0.25, 0.3) is 0 Å². The van der Waals surface area contributed by atoms with E-state index in [1.165, 1.54) is 22.6 Å². The summed E-state index contributed by atoms with van der Waals surface area (Å²) in [7, 11) is 1.78. The fourth-order valence-corrected chi connectivity index (χ4v) is 3.55. The van der Waals surface area contributed by atoms with Crippen molar-refractivity contribution in [1.29, 1.82) is 0 Å². The summed E-state index contributed by atoms with van der Waals surface area (Å²) in [5, 5.41) is 3.76. The van der Waals surface area contributed by atoms with Crippen LogP contribution in [0.4, 0.5) is 0 Å². The molecule has 1 aliphatic heterocycles. The van der Waals surface area contributed by atoms with E-state index in [9.17, 15) is 0 Å². The Labute approximate surface area is 121 Å². The number of ether oxygens (including phenoxy) is 1. The highest BCUT2D eigenvalue weighted by Crippen LogP contribution is 2.36. The molecule has 0 aromatic heterocycles. The maximum Gasteiger partial charge on any atom is 0.0467 e. The molecule has 0 bridgehead atoms. The first-order valence-electron chi connectivity index (χ1n) is 7.06. The van der Waals surface area contributed by atoms with E-state index in [1.807, 2.05) is 11.8 Å². The SMILES string of the molecule is COCCC(C)(C)CNC1CCSc2ccccc21. The summed E-state index contributed by atoms with van der Waals surface area (Å²) >= 11 is 1.98. The van der Waals surface area contributed by atoms with E-state index in [-0.39, 0.29) is 5.41 Å². The fourth-order valence-electron chi connectivity index (χ4n) is 2.42. The first-order valence-corrected chi connectivity index (χ1v) is 8.05. The molecule has 0 spiro atoms. The number of hydrogen-bond acceptors (Lipinski definition) is 3. The van der Waals surface area contributed by atoms with Gasteiger partial charge in [-0.2, -0.15) is 0 Å². The summed E-state index contributed by atoms with van der Waals surface area (Å²) in [6.07, 6.45) is 2.32. The van der Waals surface area contributed by atoms with Gasteiger partial charge in [-0.3, -0.25) is 0 Å². The van der Waals surface area contributed by atoms with Gasteiger partial charge in [-0.15, -0.1) is 11.8 Å². The minimum atomic E-state index is 0.287. The van der Waals surface area contributed by atoms with Crippen LogP contribution >= 0.6 is 11.8 Å². The quantitative estimate of drug-likeness (QED) is 0.854. The Bertz CT molecular complexity index is 405. The minimum Gasteiger partial charge on any atom is -0.385 e. The van der Waals surface area contributed by atoms with Crippen LogP contribution in [0.15, 0.2) is 29.2 Å². The Morgan fingerprint density at radius 1 is 1.37 bits per heavy atom. The van der Waals surface area contributed by atoms with Gasteiger partial charge in [0.05, 0.1) is 0 Å². The maximum absolute atomic E-state index is 5.19. The van der Waals surface area contributed by atoms with Crippen LogP contribution in [0.2, 0.25) is 0 Å². The highest BCUT2D eigenvalue weighted by molar-refractivity contribution is 7.99. The summed E-state index contributed by atoms with van der Waals surface area (Å²) < 4.78 is 5.19. The summed E-state index contributed by atoms with van der Waals surface area (Å²) in [4.78, 5) is 1.45. The number of thioether (sulfide) groups is 1. The molecule has 0 aliphatic carbocycles. The zero-order valence-corrected chi connectivity index (χ0v) is 13.1. The Morgan fingerprint density at radius 2 is 2.16 bits per heavy atom. The van der Waals surface area contributed by atoms with Crippen LogP contribution in [0.3, 0.4) is 0 Å². The predicted molar refractivity (Wildman–Crippen MR) is 82.8 cm³/mol. The van der Waals surface area contributed by atoms with Crippen molar-refractivity contribution in [2.75, 3.05) is 26.0 Å². The first-order chi connectivity index (χ1) is 9.12. The van der Waals surface area contributed by atoms with Gasteiger partial charge in [0.2, 0.25) is 0 Å².